The lowest BCUT2D eigenvalue weighted by atomic mass is 9.81. The first-order chi connectivity index (χ1) is 9.63. The second-order valence-electron chi connectivity index (χ2n) is 4.60. The van der Waals surface area contributed by atoms with Crippen molar-refractivity contribution in [2.75, 3.05) is 6.61 Å². The summed E-state index contributed by atoms with van der Waals surface area (Å²) in [5, 5.41) is 0.864. The van der Waals surface area contributed by atoms with Crippen LogP contribution < -0.4 is 0 Å². The maximum Gasteiger partial charge on any atom is 0.217 e. The summed E-state index contributed by atoms with van der Waals surface area (Å²) < 4.78 is 5.62. The minimum Gasteiger partial charge on any atom is -0.362 e. The highest BCUT2D eigenvalue weighted by Gasteiger charge is 2.48. The molecule has 2 aromatic rings. The summed E-state index contributed by atoms with van der Waals surface area (Å²) in [5.41, 5.74) is 0.120. The molecular weight excluding hydrogens is 297 g/mol. The molecule has 102 valence electrons. The quantitative estimate of drug-likeness (QED) is 0.808. The van der Waals surface area contributed by atoms with E-state index >= 15 is 0 Å². The number of benzene rings is 1. The first kappa shape index (κ1) is 13.6. The van der Waals surface area contributed by atoms with Crippen LogP contribution in [0.2, 0.25) is 10.0 Å². The molecule has 1 aliphatic heterocycles. The van der Waals surface area contributed by atoms with Gasteiger partial charge in [-0.1, -0.05) is 35.3 Å². The Hall–Kier alpha value is -1.42. The van der Waals surface area contributed by atoms with E-state index in [1.54, 1.807) is 42.6 Å². The lowest BCUT2D eigenvalue weighted by Gasteiger charge is -2.40. The number of rotatable bonds is 3. The molecule has 0 amide bonds. The summed E-state index contributed by atoms with van der Waals surface area (Å²) >= 11 is 12.0. The number of carbonyl (C=O) groups excluding carboxylic acids is 1. The zero-order chi connectivity index (χ0) is 14.2. The zero-order valence-corrected chi connectivity index (χ0v) is 12.0. The molecule has 0 bridgehead atoms. The molecule has 20 heavy (non-hydrogen) atoms. The van der Waals surface area contributed by atoms with Crippen molar-refractivity contribution in [3.05, 3.63) is 63.9 Å². The van der Waals surface area contributed by atoms with Crippen molar-refractivity contribution in [2.24, 2.45) is 0 Å². The highest BCUT2D eigenvalue weighted by atomic mass is 35.5. The fraction of sp³-hybridized carbons (Fsp3) is 0.200. The molecule has 3 rings (SSSR count). The Balaban J connectivity index is 2.03. The predicted octanol–water partition coefficient (Wildman–Crippen LogP) is 3.89. The van der Waals surface area contributed by atoms with Gasteiger partial charge in [-0.3, -0.25) is 9.78 Å². The van der Waals surface area contributed by atoms with Gasteiger partial charge in [-0.05, 0) is 29.8 Å². The van der Waals surface area contributed by atoms with Crippen LogP contribution in [0.3, 0.4) is 0 Å². The Morgan fingerprint density at radius 2 is 2.00 bits per heavy atom. The summed E-state index contributed by atoms with van der Waals surface area (Å²) in [6.07, 6.45) is 2.20. The first-order valence-electron chi connectivity index (χ1n) is 6.19. The van der Waals surface area contributed by atoms with Gasteiger partial charge in [0.15, 0.2) is 5.60 Å². The van der Waals surface area contributed by atoms with Crippen molar-refractivity contribution in [3.8, 4) is 0 Å². The van der Waals surface area contributed by atoms with E-state index in [-0.39, 0.29) is 5.78 Å². The molecule has 1 atom stereocenters. The van der Waals surface area contributed by atoms with Gasteiger partial charge in [0.2, 0.25) is 5.78 Å². The van der Waals surface area contributed by atoms with E-state index in [9.17, 15) is 4.79 Å². The Kier molecular flexibility index (Phi) is 3.50. The lowest BCUT2D eigenvalue weighted by molar-refractivity contribution is -0.121. The Bertz CT molecular complexity index is 654. The molecule has 0 N–H and O–H groups in total. The SMILES string of the molecule is O=C(c1ccccn1)C1(c2ccc(Cl)c(Cl)c2)CCO1. The van der Waals surface area contributed by atoms with Crippen molar-refractivity contribution in [3.63, 3.8) is 0 Å². The van der Waals surface area contributed by atoms with Crippen molar-refractivity contribution < 1.29 is 9.53 Å². The third kappa shape index (κ3) is 2.12. The van der Waals surface area contributed by atoms with E-state index in [4.69, 9.17) is 27.9 Å². The number of hydrogen-bond acceptors (Lipinski definition) is 3. The molecule has 1 aromatic heterocycles. The minimum absolute atomic E-state index is 0.150. The van der Waals surface area contributed by atoms with E-state index in [2.05, 4.69) is 4.98 Å². The largest absolute Gasteiger partial charge is 0.362 e. The number of hydrogen-bond donors (Lipinski definition) is 0. The van der Waals surface area contributed by atoms with Crippen LogP contribution in [0.5, 0.6) is 0 Å². The van der Waals surface area contributed by atoms with Crippen LogP contribution in [0.4, 0.5) is 0 Å². The third-order valence-electron chi connectivity index (χ3n) is 3.45. The minimum atomic E-state index is -0.984. The maximum absolute atomic E-state index is 12.7. The number of Topliss-reactive ketones (excluding diaryl/α,β-unsaturated/α-hetero) is 1. The van der Waals surface area contributed by atoms with E-state index in [1.807, 2.05) is 0 Å². The molecule has 2 heterocycles. The monoisotopic (exact) mass is 307 g/mol. The van der Waals surface area contributed by atoms with Crippen molar-refractivity contribution in [1.29, 1.82) is 0 Å². The summed E-state index contributed by atoms with van der Waals surface area (Å²) in [7, 11) is 0. The summed E-state index contributed by atoms with van der Waals surface area (Å²) in [5.74, 6) is -0.150. The molecule has 1 saturated heterocycles. The Morgan fingerprint density at radius 1 is 1.20 bits per heavy atom. The normalized spacial score (nSPS) is 21.3. The highest BCUT2D eigenvalue weighted by Crippen LogP contribution is 2.41. The summed E-state index contributed by atoms with van der Waals surface area (Å²) in [4.78, 5) is 16.8. The smallest absolute Gasteiger partial charge is 0.217 e. The first-order valence-corrected chi connectivity index (χ1v) is 6.94. The second-order valence-corrected chi connectivity index (χ2v) is 5.41. The average molecular weight is 308 g/mol. The van der Waals surface area contributed by atoms with E-state index < -0.39 is 5.60 Å². The third-order valence-corrected chi connectivity index (χ3v) is 4.19. The molecule has 1 aromatic carbocycles. The number of ketones is 1. The van der Waals surface area contributed by atoms with Gasteiger partial charge in [-0.2, -0.15) is 0 Å². The molecule has 0 aliphatic carbocycles. The number of halogens is 2. The molecule has 0 saturated carbocycles. The van der Waals surface area contributed by atoms with Crippen LogP contribution >= 0.6 is 23.2 Å². The van der Waals surface area contributed by atoms with Gasteiger partial charge in [0.1, 0.15) is 5.69 Å². The molecule has 1 fully saturated rings. The molecule has 1 unspecified atom stereocenters. The van der Waals surface area contributed by atoms with Gasteiger partial charge in [0.25, 0.3) is 0 Å². The number of ether oxygens (including phenoxy) is 1. The predicted molar refractivity (Wildman–Crippen MR) is 77.3 cm³/mol. The lowest BCUT2D eigenvalue weighted by Crippen LogP contribution is -2.48. The molecule has 0 spiro atoms. The van der Waals surface area contributed by atoms with Gasteiger partial charge in [0, 0.05) is 12.6 Å². The van der Waals surface area contributed by atoms with E-state index in [0.717, 1.165) is 0 Å². The maximum atomic E-state index is 12.7. The zero-order valence-electron chi connectivity index (χ0n) is 10.5. The van der Waals surface area contributed by atoms with Crippen LogP contribution in [0.1, 0.15) is 22.5 Å². The fourth-order valence-corrected chi connectivity index (χ4v) is 2.59. The van der Waals surface area contributed by atoms with Gasteiger partial charge in [-0.25, -0.2) is 0 Å². The van der Waals surface area contributed by atoms with Crippen LogP contribution in [-0.2, 0) is 10.3 Å². The van der Waals surface area contributed by atoms with Crippen LogP contribution in [0, 0.1) is 0 Å². The molecule has 3 nitrogen and oxygen atoms in total. The number of carbonyl (C=O) groups is 1. The van der Waals surface area contributed by atoms with E-state index in [1.165, 1.54) is 0 Å². The van der Waals surface area contributed by atoms with Crippen LogP contribution in [0.25, 0.3) is 0 Å². The molecule has 0 radical (unpaired) electrons. The van der Waals surface area contributed by atoms with Crippen LogP contribution in [-0.4, -0.2) is 17.4 Å². The number of aromatic nitrogens is 1. The van der Waals surface area contributed by atoms with Gasteiger partial charge >= 0.3 is 0 Å². The van der Waals surface area contributed by atoms with Crippen molar-refractivity contribution >= 4 is 29.0 Å². The number of pyridine rings is 1. The van der Waals surface area contributed by atoms with Gasteiger partial charge in [0.05, 0.1) is 16.7 Å². The Morgan fingerprint density at radius 3 is 2.55 bits per heavy atom. The summed E-state index contributed by atoms with van der Waals surface area (Å²) in [6.45, 7) is 0.540. The van der Waals surface area contributed by atoms with Crippen LogP contribution in [0.15, 0.2) is 42.6 Å². The summed E-state index contributed by atoms with van der Waals surface area (Å²) in [6, 6.07) is 10.4. The van der Waals surface area contributed by atoms with Gasteiger partial charge in [-0.15, -0.1) is 0 Å². The van der Waals surface area contributed by atoms with E-state index in [0.29, 0.717) is 34.3 Å². The Labute approximate surface area is 126 Å². The fourth-order valence-electron chi connectivity index (χ4n) is 2.30. The second kappa shape index (κ2) is 5.17. The molecular formula is C15H11Cl2NO2. The average Bonchev–Trinajstić information content (AvgIpc) is 2.42. The number of nitrogens with zero attached hydrogens (tertiary/aromatic N) is 1. The molecule has 1 aliphatic rings. The molecule has 5 heteroatoms. The van der Waals surface area contributed by atoms with Crippen molar-refractivity contribution in [2.45, 2.75) is 12.0 Å². The standard InChI is InChI=1S/C15H11Cl2NO2/c16-11-5-4-10(9-12(11)17)15(6-8-20-15)14(19)13-3-1-2-7-18-13/h1-5,7,9H,6,8H2. The topological polar surface area (TPSA) is 39.2 Å². The highest BCUT2D eigenvalue weighted by molar-refractivity contribution is 6.42. The van der Waals surface area contributed by atoms with Gasteiger partial charge < -0.3 is 4.74 Å². The van der Waals surface area contributed by atoms with Crippen molar-refractivity contribution in [1.82, 2.24) is 4.98 Å².